The predicted octanol–water partition coefficient (Wildman–Crippen LogP) is 3.42. The first-order valence-corrected chi connectivity index (χ1v) is 7.84. The number of carbonyl (C=O) groups is 1. The number of ketones is 1. The van der Waals surface area contributed by atoms with Crippen molar-refractivity contribution >= 4 is 23.2 Å². The summed E-state index contributed by atoms with van der Waals surface area (Å²) in [7, 11) is 0. The van der Waals surface area contributed by atoms with Gasteiger partial charge in [0.15, 0.2) is 5.78 Å². The average molecular weight is 294 g/mol. The molecule has 0 aromatic carbocycles. The first-order valence-electron chi connectivity index (χ1n) is 7.43. The molecule has 2 fully saturated rings. The van der Waals surface area contributed by atoms with Gasteiger partial charge in [0.05, 0.1) is 0 Å². The van der Waals surface area contributed by atoms with Crippen LogP contribution in [0.5, 0.6) is 0 Å². The van der Waals surface area contributed by atoms with Crippen molar-refractivity contribution in [1.82, 2.24) is 0 Å². The summed E-state index contributed by atoms with van der Waals surface area (Å²) < 4.78 is 11.2. The molecule has 0 bridgehead atoms. The van der Waals surface area contributed by atoms with Crippen LogP contribution in [0.2, 0.25) is 0 Å². The van der Waals surface area contributed by atoms with Gasteiger partial charge in [-0.05, 0) is 43.6 Å². The van der Waals surface area contributed by atoms with Crippen LogP contribution in [-0.4, -0.2) is 23.2 Å². The topological polar surface area (TPSA) is 35.5 Å². The van der Waals surface area contributed by atoms with E-state index in [9.17, 15) is 4.79 Å². The van der Waals surface area contributed by atoms with Gasteiger partial charge in [0.1, 0.15) is 12.2 Å². The van der Waals surface area contributed by atoms with E-state index in [0.29, 0.717) is 24.9 Å². The van der Waals surface area contributed by atoms with E-state index in [1.807, 2.05) is 6.08 Å². The highest BCUT2D eigenvalue weighted by molar-refractivity contribution is 7.79. The monoisotopic (exact) mass is 294 g/mol. The Kier molecular flexibility index (Phi) is 3.20. The first kappa shape index (κ1) is 14.1. The number of carbonyl (C=O) groups excluding carboxylic acids is 1. The maximum atomic E-state index is 11.8. The van der Waals surface area contributed by atoms with E-state index in [4.69, 9.17) is 21.7 Å². The Morgan fingerprint density at radius 3 is 2.80 bits per heavy atom. The van der Waals surface area contributed by atoms with Crippen LogP contribution < -0.4 is 0 Å². The van der Waals surface area contributed by atoms with Gasteiger partial charge in [0.2, 0.25) is 0 Å². The molecule has 1 heterocycles. The van der Waals surface area contributed by atoms with Gasteiger partial charge in [-0.15, -0.1) is 0 Å². The van der Waals surface area contributed by atoms with Crippen molar-refractivity contribution in [2.45, 2.75) is 52.1 Å². The minimum atomic E-state index is -0.299. The smallest absolute Gasteiger partial charge is 0.353 e. The summed E-state index contributed by atoms with van der Waals surface area (Å²) in [5.41, 5.74) is 1.16. The molecule has 0 N–H and O–H groups in total. The van der Waals surface area contributed by atoms with Crippen LogP contribution in [0, 0.1) is 17.3 Å². The first-order chi connectivity index (χ1) is 9.33. The van der Waals surface area contributed by atoms with Gasteiger partial charge in [-0.1, -0.05) is 19.4 Å². The lowest BCUT2D eigenvalue weighted by atomic mass is 9.56. The molecule has 1 saturated carbocycles. The second-order valence-corrected chi connectivity index (χ2v) is 7.38. The molecule has 3 rings (SSSR count). The molecule has 0 unspecified atom stereocenters. The Bertz CT molecular complexity index is 498. The normalized spacial score (nSPS) is 44.5. The van der Waals surface area contributed by atoms with Crippen molar-refractivity contribution in [3.05, 3.63) is 11.6 Å². The van der Waals surface area contributed by atoms with Gasteiger partial charge < -0.3 is 9.47 Å². The molecule has 0 aromatic heterocycles. The molecular formula is C16H22O3S. The number of allylic oxidation sites excluding steroid dienone is 2. The highest BCUT2D eigenvalue weighted by Gasteiger charge is 2.51. The van der Waals surface area contributed by atoms with E-state index in [2.05, 4.69) is 20.8 Å². The van der Waals surface area contributed by atoms with Crippen LogP contribution in [0.3, 0.4) is 0 Å². The van der Waals surface area contributed by atoms with E-state index < -0.39 is 0 Å². The van der Waals surface area contributed by atoms with Crippen LogP contribution >= 0.6 is 12.2 Å². The number of thiocarbonyl (C=S) groups is 1. The lowest BCUT2D eigenvalue weighted by Crippen LogP contribution is -2.46. The summed E-state index contributed by atoms with van der Waals surface area (Å²) in [4.78, 5) is 11.8. The van der Waals surface area contributed by atoms with E-state index in [1.54, 1.807) is 0 Å². The van der Waals surface area contributed by atoms with Gasteiger partial charge in [-0.25, -0.2) is 0 Å². The number of hydrogen-bond donors (Lipinski definition) is 0. The van der Waals surface area contributed by atoms with Gasteiger partial charge in [-0.2, -0.15) is 0 Å². The van der Waals surface area contributed by atoms with Gasteiger partial charge in [0.25, 0.3) is 0 Å². The van der Waals surface area contributed by atoms with Gasteiger partial charge in [-0.3, -0.25) is 4.79 Å². The van der Waals surface area contributed by atoms with Crippen molar-refractivity contribution < 1.29 is 14.3 Å². The number of hydrogen-bond acceptors (Lipinski definition) is 4. The van der Waals surface area contributed by atoms with Gasteiger partial charge in [0, 0.05) is 24.6 Å². The highest BCUT2D eigenvalue weighted by atomic mass is 32.1. The molecule has 0 radical (unpaired) electrons. The van der Waals surface area contributed by atoms with Crippen molar-refractivity contribution in [3.63, 3.8) is 0 Å². The zero-order valence-corrected chi connectivity index (χ0v) is 13.2. The Hall–Kier alpha value is -0.900. The fourth-order valence-corrected chi connectivity index (χ4v) is 4.32. The summed E-state index contributed by atoms with van der Waals surface area (Å²) in [6.07, 6.45) is 5.65. The number of fused-ring (bicyclic) bond motifs is 1. The molecule has 3 aliphatic rings. The molecule has 1 saturated heterocycles. The quantitative estimate of drug-likeness (QED) is 0.694. The van der Waals surface area contributed by atoms with E-state index in [-0.39, 0.29) is 22.0 Å². The number of rotatable bonds is 1. The molecule has 1 aliphatic heterocycles. The van der Waals surface area contributed by atoms with Crippen LogP contribution in [0.1, 0.15) is 46.5 Å². The molecule has 3 nitrogen and oxygen atoms in total. The standard InChI is InChI=1S/C16H22O3S/c1-10-6-13(17)7-11-4-5-12(8-15(10,11)2)16(3)9-18-14(20)19-16/h7,10,12H,4-6,8-9H2,1-3H3/t10-,12-,15+,16-/m1/s1. The van der Waals surface area contributed by atoms with Crippen LogP contribution in [0.25, 0.3) is 0 Å². The molecule has 4 heteroatoms. The fourth-order valence-electron chi connectivity index (χ4n) is 4.07. The molecule has 0 spiro atoms. The second-order valence-electron chi connectivity index (χ2n) is 7.05. The van der Waals surface area contributed by atoms with E-state index in [0.717, 1.165) is 19.3 Å². The van der Waals surface area contributed by atoms with Crippen molar-refractivity contribution in [2.75, 3.05) is 6.61 Å². The van der Waals surface area contributed by atoms with Gasteiger partial charge >= 0.3 is 5.24 Å². The lowest BCUT2D eigenvalue weighted by molar-refractivity contribution is -0.117. The SMILES string of the molecule is C[C@@H]1CC(=O)C=C2CC[C@@H]([C@@]3(C)COC(=S)O3)C[C@]21C. The Labute approximate surface area is 125 Å². The summed E-state index contributed by atoms with van der Waals surface area (Å²) in [5.74, 6) is 1.12. The zero-order chi connectivity index (χ0) is 14.5. The highest BCUT2D eigenvalue weighted by Crippen LogP contribution is 2.54. The number of ether oxygens (including phenoxy) is 2. The Morgan fingerprint density at radius 1 is 1.40 bits per heavy atom. The molecule has 110 valence electrons. The minimum absolute atomic E-state index is 0.118. The van der Waals surface area contributed by atoms with E-state index >= 15 is 0 Å². The summed E-state index contributed by atoms with van der Waals surface area (Å²) in [5, 5.41) is 0.283. The largest absolute Gasteiger partial charge is 0.453 e. The maximum absolute atomic E-state index is 11.8. The second kappa shape index (κ2) is 4.55. The predicted molar refractivity (Wildman–Crippen MR) is 80.4 cm³/mol. The molecule has 2 aliphatic carbocycles. The summed E-state index contributed by atoms with van der Waals surface area (Å²) in [6, 6.07) is 0. The third-order valence-corrected chi connectivity index (χ3v) is 5.95. The molecule has 20 heavy (non-hydrogen) atoms. The fraction of sp³-hybridized carbons (Fsp3) is 0.750. The Balaban J connectivity index is 1.85. The van der Waals surface area contributed by atoms with Crippen molar-refractivity contribution in [1.29, 1.82) is 0 Å². The molecule has 4 atom stereocenters. The molecule has 0 amide bonds. The molecule has 0 aromatic rings. The lowest BCUT2D eigenvalue weighted by Gasteiger charge is -2.49. The van der Waals surface area contributed by atoms with Crippen molar-refractivity contribution in [3.8, 4) is 0 Å². The van der Waals surface area contributed by atoms with Crippen LogP contribution in [0.4, 0.5) is 0 Å². The van der Waals surface area contributed by atoms with Crippen LogP contribution in [0.15, 0.2) is 11.6 Å². The van der Waals surface area contributed by atoms with E-state index in [1.165, 1.54) is 5.57 Å². The van der Waals surface area contributed by atoms with Crippen LogP contribution in [-0.2, 0) is 14.3 Å². The average Bonchev–Trinajstić information content (AvgIpc) is 2.72. The third-order valence-electron chi connectivity index (χ3n) is 5.75. The summed E-state index contributed by atoms with van der Waals surface area (Å²) in [6.45, 7) is 7.17. The maximum Gasteiger partial charge on any atom is 0.353 e. The Morgan fingerprint density at radius 2 is 2.15 bits per heavy atom. The zero-order valence-electron chi connectivity index (χ0n) is 12.4. The summed E-state index contributed by atoms with van der Waals surface area (Å²) >= 11 is 5.02. The van der Waals surface area contributed by atoms with Crippen molar-refractivity contribution in [2.24, 2.45) is 17.3 Å². The third kappa shape index (κ3) is 2.09. The molecular weight excluding hydrogens is 272 g/mol. The minimum Gasteiger partial charge on any atom is -0.453 e.